The summed E-state index contributed by atoms with van der Waals surface area (Å²) in [6, 6.07) is 0. The van der Waals surface area contributed by atoms with E-state index in [1.807, 2.05) is 0 Å². The van der Waals surface area contributed by atoms with E-state index >= 15 is 0 Å². The summed E-state index contributed by atoms with van der Waals surface area (Å²) >= 11 is 0. The normalized spacial score (nSPS) is 28.6. The highest BCUT2D eigenvalue weighted by molar-refractivity contribution is 6.15. The number of hydrogen-bond acceptors (Lipinski definition) is 0. The van der Waals surface area contributed by atoms with Gasteiger partial charge in [0.15, 0.2) is 0 Å². The first-order valence-electron chi connectivity index (χ1n) is 5.70. The lowest BCUT2D eigenvalue weighted by atomic mass is 9.47. The smallest absolute Gasteiger partial charge is 0.0753 e. The number of allylic oxidation sites excluding steroid dienone is 1. The van der Waals surface area contributed by atoms with Crippen molar-refractivity contribution < 1.29 is 0 Å². The van der Waals surface area contributed by atoms with Crippen LogP contribution in [0, 0.1) is 11.3 Å². The van der Waals surface area contributed by atoms with Gasteiger partial charge in [0, 0.05) is 0 Å². The van der Waals surface area contributed by atoms with Gasteiger partial charge in [-0.05, 0) is 30.6 Å². The first-order valence-corrected chi connectivity index (χ1v) is 5.70. The molecule has 0 nitrogen and oxygen atoms in total. The fourth-order valence-electron chi connectivity index (χ4n) is 2.28. The average Bonchev–Trinajstić information content (AvgIpc) is 2.02. The van der Waals surface area contributed by atoms with E-state index in [9.17, 15) is 0 Å². The van der Waals surface area contributed by atoms with Crippen LogP contribution < -0.4 is 0 Å². The second kappa shape index (κ2) is 3.75. The second-order valence-corrected chi connectivity index (χ2v) is 6.08. The van der Waals surface area contributed by atoms with Gasteiger partial charge in [0.05, 0.1) is 7.85 Å². The van der Waals surface area contributed by atoms with Crippen LogP contribution in [0.25, 0.3) is 0 Å². The summed E-state index contributed by atoms with van der Waals surface area (Å²) in [7, 11) is 6.49. The van der Waals surface area contributed by atoms with E-state index in [2.05, 4.69) is 34.3 Å². The quantitative estimate of drug-likeness (QED) is 0.430. The van der Waals surface area contributed by atoms with Crippen LogP contribution in [0.5, 0.6) is 0 Å². The first-order chi connectivity index (χ1) is 6.25. The summed E-state index contributed by atoms with van der Waals surface area (Å²) in [6.07, 6.45) is 4.87. The molecule has 2 unspecified atom stereocenters. The van der Waals surface area contributed by atoms with Crippen LogP contribution in [0.3, 0.4) is 0 Å². The van der Waals surface area contributed by atoms with Crippen LogP contribution in [-0.4, -0.2) is 7.85 Å². The maximum absolute atomic E-state index is 6.49. The van der Waals surface area contributed by atoms with E-state index in [4.69, 9.17) is 7.85 Å². The Morgan fingerprint density at radius 2 is 1.86 bits per heavy atom. The highest BCUT2D eigenvalue weighted by Gasteiger charge is 2.39. The molecule has 1 rings (SSSR count). The van der Waals surface area contributed by atoms with Gasteiger partial charge in [0.1, 0.15) is 0 Å². The van der Waals surface area contributed by atoms with Gasteiger partial charge in [-0.15, -0.1) is 0 Å². The van der Waals surface area contributed by atoms with E-state index in [0.29, 0.717) is 5.92 Å². The molecule has 0 heterocycles. The van der Waals surface area contributed by atoms with Crippen molar-refractivity contribution >= 4 is 7.85 Å². The zero-order valence-corrected chi connectivity index (χ0v) is 10.2. The highest BCUT2D eigenvalue weighted by Crippen LogP contribution is 2.53. The topological polar surface area (TPSA) is 0 Å². The molecular weight excluding hydrogens is 167 g/mol. The van der Waals surface area contributed by atoms with Gasteiger partial charge >= 0.3 is 0 Å². The van der Waals surface area contributed by atoms with Crippen LogP contribution in [0.2, 0.25) is 5.31 Å². The molecule has 0 aliphatic heterocycles. The minimum Gasteiger partial charge on any atom is -0.0999 e. The molecule has 1 aliphatic rings. The summed E-state index contributed by atoms with van der Waals surface area (Å²) < 4.78 is 0. The zero-order valence-electron chi connectivity index (χ0n) is 10.2. The Hall–Kier alpha value is -0.195. The van der Waals surface area contributed by atoms with Crippen molar-refractivity contribution in [1.29, 1.82) is 0 Å². The van der Waals surface area contributed by atoms with Crippen LogP contribution in [0.4, 0.5) is 0 Å². The van der Waals surface area contributed by atoms with Crippen molar-refractivity contribution in [3.05, 3.63) is 12.2 Å². The maximum Gasteiger partial charge on any atom is 0.0753 e. The monoisotopic (exact) mass is 190 g/mol. The predicted molar refractivity (Wildman–Crippen MR) is 64.7 cm³/mol. The first kappa shape index (κ1) is 11.9. The largest absolute Gasteiger partial charge is 0.0999 e. The van der Waals surface area contributed by atoms with Gasteiger partial charge in [-0.1, -0.05) is 51.6 Å². The van der Waals surface area contributed by atoms with Gasteiger partial charge < -0.3 is 0 Å². The van der Waals surface area contributed by atoms with Crippen LogP contribution in [-0.2, 0) is 0 Å². The third kappa shape index (κ3) is 2.24. The molecule has 1 aliphatic carbocycles. The summed E-state index contributed by atoms with van der Waals surface area (Å²) in [5.74, 6) is 0.615. The Morgan fingerprint density at radius 1 is 1.29 bits per heavy atom. The Kier molecular flexibility index (Phi) is 3.18. The molecule has 1 saturated carbocycles. The van der Waals surface area contributed by atoms with Crippen molar-refractivity contribution in [2.75, 3.05) is 0 Å². The Bertz CT molecular complexity index is 220. The third-order valence-corrected chi connectivity index (χ3v) is 4.08. The predicted octanol–water partition coefficient (Wildman–Crippen LogP) is 4.13. The Labute approximate surface area is 90.6 Å². The van der Waals surface area contributed by atoms with Gasteiger partial charge in [-0.2, -0.15) is 0 Å². The van der Waals surface area contributed by atoms with E-state index < -0.39 is 0 Å². The lowest BCUT2D eigenvalue weighted by molar-refractivity contribution is 0.175. The fraction of sp³-hybridized carbons (Fsp3) is 0.846. The molecule has 14 heavy (non-hydrogen) atoms. The maximum atomic E-state index is 6.49. The van der Waals surface area contributed by atoms with Crippen molar-refractivity contribution in [2.45, 2.75) is 58.7 Å². The molecule has 2 radical (unpaired) electrons. The average molecular weight is 190 g/mol. The van der Waals surface area contributed by atoms with Gasteiger partial charge in [0.2, 0.25) is 0 Å². The van der Waals surface area contributed by atoms with Gasteiger partial charge in [-0.25, -0.2) is 0 Å². The summed E-state index contributed by atoms with van der Waals surface area (Å²) in [6.45, 7) is 13.0. The van der Waals surface area contributed by atoms with Crippen molar-refractivity contribution in [3.8, 4) is 0 Å². The lowest BCUT2D eigenvalue weighted by Crippen LogP contribution is -2.35. The Balaban J connectivity index is 2.76. The molecule has 0 N–H and O–H groups in total. The fourth-order valence-corrected chi connectivity index (χ4v) is 2.28. The molecule has 0 aromatic rings. The molecule has 0 bridgehead atoms. The molecule has 2 atom stereocenters. The lowest BCUT2D eigenvalue weighted by Gasteiger charge is -2.47. The van der Waals surface area contributed by atoms with Gasteiger partial charge in [0.25, 0.3) is 0 Å². The Morgan fingerprint density at radius 3 is 2.29 bits per heavy atom. The molecule has 0 saturated heterocycles. The molecule has 78 valence electrons. The summed E-state index contributed by atoms with van der Waals surface area (Å²) in [5, 5.41) is -0.0731. The van der Waals surface area contributed by atoms with Gasteiger partial charge in [-0.3, -0.25) is 0 Å². The van der Waals surface area contributed by atoms with E-state index in [-0.39, 0.29) is 10.7 Å². The highest BCUT2D eigenvalue weighted by atomic mass is 14.4. The van der Waals surface area contributed by atoms with E-state index in [0.717, 1.165) is 6.42 Å². The standard InChI is InChI=1S/C13H23B/c1-10-7-6-8-11(9-10)13(5,14)12(2,3)4/h11H,1,6-9H2,2-5H3. The molecule has 0 spiro atoms. The van der Waals surface area contributed by atoms with Crippen LogP contribution in [0.15, 0.2) is 12.2 Å². The van der Waals surface area contributed by atoms with E-state index in [1.54, 1.807) is 0 Å². The van der Waals surface area contributed by atoms with Crippen molar-refractivity contribution in [3.63, 3.8) is 0 Å². The number of rotatable bonds is 1. The molecular formula is C13H23B. The molecule has 1 fully saturated rings. The number of hydrogen-bond donors (Lipinski definition) is 0. The van der Waals surface area contributed by atoms with E-state index in [1.165, 1.54) is 24.8 Å². The molecule has 0 aromatic heterocycles. The summed E-state index contributed by atoms with van der Waals surface area (Å²) in [5.41, 5.74) is 1.57. The summed E-state index contributed by atoms with van der Waals surface area (Å²) in [4.78, 5) is 0. The van der Waals surface area contributed by atoms with Crippen molar-refractivity contribution in [1.82, 2.24) is 0 Å². The van der Waals surface area contributed by atoms with Crippen LogP contribution >= 0.6 is 0 Å². The molecule has 0 aromatic carbocycles. The molecule has 1 heteroatoms. The van der Waals surface area contributed by atoms with Crippen molar-refractivity contribution in [2.24, 2.45) is 11.3 Å². The minimum atomic E-state index is -0.0731. The minimum absolute atomic E-state index is 0.0731. The molecule has 0 amide bonds. The second-order valence-electron chi connectivity index (χ2n) is 6.08. The SMILES string of the molecule is [B]C(C)(C1CCCC(=C)C1)C(C)(C)C. The zero-order chi connectivity index (χ0) is 11.0. The third-order valence-electron chi connectivity index (χ3n) is 4.08. The van der Waals surface area contributed by atoms with Crippen LogP contribution in [0.1, 0.15) is 53.4 Å².